The summed E-state index contributed by atoms with van der Waals surface area (Å²) in [5.41, 5.74) is 3.47. The smallest absolute Gasteiger partial charge is 0.234 e. The molecule has 0 saturated carbocycles. The van der Waals surface area contributed by atoms with Gasteiger partial charge in [0.05, 0.1) is 17.1 Å². The Hall–Kier alpha value is -2.01. The molecule has 1 aromatic heterocycles. The van der Waals surface area contributed by atoms with E-state index >= 15 is 0 Å². The van der Waals surface area contributed by atoms with Crippen molar-refractivity contribution in [2.24, 2.45) is 0 Å². The molecule has 1 N–H and O–H groups in total. The van der Waals surface area contributed by atoms with Crippen molar-refractivity contribution in [2.45, 2.75) is 18.3 Å². The number of nitrogens with zero attached hydrogens (tertiary/aromatic N) is 1. The predicted octanol–water partition coefficient (Wildman–Crippen LogP) is 2.06. The highest BCUT2D eigenvalue weighted by atomic mass is 32.1. The molecule has 3 rings (SSSR count). The average Bonchev–Trinajstić information content (AvgIpc) is 2.92. The summed E-state index contributed by atoms with van der Waals surface area (Å²) in [7, 11) is 0. The zero-order valence-corrected chi connectivity index (χ0v) is 10.9. The van der Waals surface area contributed by atoms with Crippen LogP contribution in [0.2, 0.25) is 0 Å². The van der Waals surface area contributed by atoms with Gasteiger partial charge in [0.2, 0.25) is 11.8 Å². The van der Waals surface area contributed by atoms with E-state index in [-0.39, 0.29) is 23.7 Å². The first-order chi connectivity index (χ1) is 9.25. The highest BCUT2D eigenvalue weighted by molar-refractivity contribution is 7.07. The Labute approximate surface area is 114 Å². The van der Waals surface area contributed by atoms with E-state index in [1.807, 2.05) is 35.7 Å². The van der Waals surface area contributed by atoms with Crippen molar-refractivity contribution in [1.82, 2.24) is 10.3 Å². The van der Waals surface area contributed by atoms with E-state index in [0.29, 0.717) is 6.42 Å². The number of carbonyl (C=O) groups is 2. The van der Waals surface area contributed by atoms with Gasteiger partial charge in [0.25, 0.3) is 0 Å². The molecule has 1 saturated heterocycles. The van der Waals surface area contributed by atoms with E-state index in [9.17, 15) is 9.59 Å². The number of hydrogen-bond donors (Lipinski definition) is 1. The monoisotopic (exact) mass is 272 g/mol. The molecule has 4 nitrogen and oxygen atoms in total. The van der Waals surface area contributed by atoms with Gasteiger partial charge in [-0.25, -0.2) is 4.98 Å². The molecular formula is C14H12N2O2S. The van der Waals surface area contributed by atoms with Crippen LogP contribution in [0.4, 0.5) is 0 Å². The molecule has 2 atom stereocenters. The fourth-order valence-electron chi connectivity index (χ4n) is 2.49. The van der Waals surface area contributed by atoms with Crippen LogP contribution < -0.4 is 5.32 Å². The maximum atomic E-state index is 12.2. The van der Waals surface area contributed by atoms with Crippen molar-refractivity contribution < 1.29 is 9.59 Å². The van der Waals surface area contributed by atoms with Crippen molar-refractivity contribution in [1.29, 1.82) is 0 Å². The minimum Gasteiger partial charge on any atom is -0.296 e. The molecule has 96 valence electrons. The number of aromatic nitrogens is 1. The molecule has 2 unspecified atom stereocenters. The van der Waals surface area contributed by atoms with Gasteiger partial charge >= 0.3 is 0 Å². The van der Waals surface area contributed by atoms with Crippen LogP contribution in [0.15, 0.2) is 41.2 Å². The van der Waals surface area contributed by atoms with E-state index in [2.05, 4.69) is 10.3 Å². The van der Waals surface area contributed by atoms with Crippen molar-refractivity contribution in [3.63, 3.8) is 0 Å². The molecule has 2 amide bonds. The SMILES string of the molecule is O=C1CC(c2cscn2)C(c2ccccc2)C(=O)N1. The first-order valence-corrected chi connectivity index (χ1v) is 6.96. The van der Waals surface area contributed by atoms with E-state index in [1.165, 1.54) is 11.3 Å². The predicted molar refractivity (Wildman–Crippen MR) is 71.8 cm³/mol. The van der Waals surface area contributed by atoms with Gasteiger partial charge in [0, 0.05) is 17.7 Å². The first-order valence-electron chi connectivity index (χ1n) is 6.02. The van der Waals surface area contributed by atoms with Gasteiger partial charge in [-0.05, 0) is 5.56 Å². The molecule has 1 aromatic carbocycles. The fraction of sp³-hybridized carbons (Fsp3) is 0.214. The second-order valence-electron chi connectivity index (χ2n) is 4.52. The zero-order valence-electron chi connectivity index (χ0n) is 10.1. The summed E-state index contributed by atoms with van der Waals surface area (Å²) in [6, 6.07) is 9.54. The molecule has 5 heteroatoms. The summed E-state index contributed by atoms with van der Waals surface area (Å²) in [5.74, 6) is -0.980. The van der Waals surface area contributed by atoms with E-state index in [1.54, 1.807) is 5.51 Å². The Bertz CT molecular complexity index is 595. The number of hydrogen-bond acceptors (Lipinski definition) is 4. The summed E-state index contributed by atoms with van der Waals surface area (Å²) in [6.07, 6.45) is 0.301. The van der Waals surface area contributed by atoms with Gasteiger partial charge in [-0.3, -0.25) is 14.9 Å². The maximum absolute atomic E-state index is 12.2. The molecule has 1 aliphatic rings. The standard InChI is InChI=1S/C14H12N2O2S/c17-12-6-10(11-7-19-8-15-11)13(14(18)16-12)9-4-2-1-3-5-9/h1-5,7-8,10,13H,6H2,(H,16,17,18). The highest BCUT2D eigenvalue weighted by Gasteiger charge is 2.38. The minimum absolute atomic E-state index is 0.171. The lowest BCUT2D eigenvalue weighted by Gasteiger charge is -2.29. The summed E-state index contributed by atoms with van der Waals surface area (Å²) >= 11 is 1.48. The van der Waals surface area contributed by atoms with E-state index in [0.717, 1.165) is 11.3 Å². The molecule has 1 aliphatic heterocycles. The van der Waals surface area contributed by atoms with Gasteiger partial charge < -0.3 is 0 Å². The molecule has 2 aromatic rings. The third-order valence-electron chi connectivity index (χ3n) is 3.34. The third kappa shape index (κ3) is 2.29. The van der Waals surface area contributed by atoms with Gasteiger partial charge in [0.1, 0.15) is 0 Å². The number of amides is 2. The third-order valence-corrected chi connectivity index (χ3v) is 3.95. The molecule has 1 fully saturated rings. The summed E-state index contributed by atoms with van der Waals surface area (Å²) in [4.78, 5) is 28.0. The average molecular weight is 272 g/mol. The van der Waals surface area contributed by atoms with Crippen LogP contribution in [-0.2, 0) is 9.59 Å². The molecule has 0 bridgehead atoms. The van der Waals surface area contributed by atoms with Crippen molar-refractivity contribution in [2.75, 3.05) is 0 Å². The topological polar surface area (TPSA) is 59.1 Å². The van der Waals surface area contributed by atoms with Crippen molar-refractivity contribution >= 4 is 23.2 Å². The highest BCUT2D eigenvalue weighted by Crippen LogP contribution is 2.37. The first kappa shape index (κ1) is 12.0. The van der Waals surface area contributed by atoms with Crippen LogP contribution >= 0.6 is 11.3 Å². The Morgan fingerprint density at radius 2 is 2.00 bits per heavy atom. The fourth-order valence-corrected chi connectivity index (χ4v) is 3.11. The lowest BCUT2D eigenvalue weighted by Crippen LogP contribution is -2.43. The Morgan fingerprint density at radius 1 is 1.21 bits per heavy atom. The number of rotatable bonds is 2. The van der Waals surface area contributed by atoms with Gasteiger partial charge in [-0.2, -0.15) is 0 Å². The zero-order chi connectivity index (χ0) is 13.2. The molecular weight excluding hydrogens is 260 g/mol. The van der Waals surface area contributed by atoms with Crippen LogP contribution in [0, 0.1) is 0 Å². The largest absolute Gasteiger partial charge is 0.296 e. The number of piperidine rings is 1. The lowest BCUT2D eigenvalue weighted by atomic mass is 9.79. The number of nitrogens with one attached hydrogen (secondary N) is 1. The molecule has 19 heavy (non-hydrogen) atoms. The minimum atomic E-state index is -0.346. The Balaban J connectivity index is 2.02. The van der Waals surface area contributed by atoms with Gasteiger partial charge in [-0.1, -0.05) is 30.3 Å². The quantitative estimate of drug-likeness (QED) is 0.851. The second kappa shape index (κ2) is 4.93. The van der Waals surface area contributed by atoms with Crippen LogP contribution in [0.5, 0.6) is 0 Å². The number of benzene rings is 1. The second-order valence-corrected chi connectivity index (χ2v) is 5.24. The summed E-state index contributed by atoms with van der Waals surface area (Å²) in [6.45, 7) is 0. The van der Waals surface area contributed by atoms with Crippen LogP contribution in [0.25, 0.3) is 0 Å². The normalized spacial score (nSPS) is 23.2. The molecule has 0 aliphatic carbocycles. The van der Waals surface area contributed by atoms with Gasteiger partial charge in [0.15, 0.2) is 0 Å². The van der Waals surface area contributed by atoms with Crippen LogP contribution in [0.3, 0.4) is 0 Å². The number of thiazole rings is 1. The van der Waals surface area contributed by atoms with Gasteiger partial charge in [-0.15, -0.1) is 11.3 Å². The maximum Gasteiger partial charge on any atom is 0.234 e. The van der Waals surface area contributed by atoms with E-state index in [4.69, 9.17) is 0 Å². The molecule has 0 radical (unpaired) electrons. The molecule has 0 spiro atoms. The van der Waals surface area contributed by atoms with Crippen molar-refractivity contribution in [3.05, 3.63) is 52.5 Å². The Morgan fingerprint density at radius 3 is 2.68 bits per heavy atom. The molecule has 2 heterocycles. The van der Waals surface area contributed by atoms with Crippen LogP contribution in [0.1, 0.15) is 29.5 Å². The summed E-state index contributed by atoms with van der Waals surface area (Å²) < 4.78 is 0. The van der Waals surface area contributed by atoms with E-state index < -0.39 is 0 Å². The summed E-state index contributed by atoms with van der Waals surface area (Å²) in [5, 5.41) is 4.33. The number of imide groups is 1. The Kier molecular flexibility index (Phi) is 3.13. The number of carbonyl (C=O) groups excluding carboxylic acids is 2. The van der Waals surface area contributed by atoms with Crippen molar-refractivity contribution in [3.8, 4) is 0 Å². The lowest BCUT2D eigenvalue weighted by molar-refractivity contribution is -0.135. The van der Waals surface area contributed by atoms with Crippen LogP contribution in [-0.4, -0.2) is 16.8 Å².